The molecule has 12 nitrogen and oxygen atoms in total. The zero-order valence-corrected chi connectivity index (χ0v) is 22.5. The van der Waals surface area contributed by atoms with Crippen molar-refractivity contribution in [1.29, 1.82) is 0 Å². The summed E-state index contributed by atoms with van der Waals surface area (Å²) in [5.41, 5.74) is -2.16. The molecular weight excluding hydrogens is 599 g/mol. The van der Waals surface area contributed by atoms with Gasteiger partial charge in [0.25, 0.3) is 11.1 Å². The maximum Gasteiger partial charge on any atom is 0.351 e. The van der Waals surface area contributed by atoms with Crippen LogP contribution in [-0.2, 0) is 12.8 Å². The summed E-state index contributed by atoms with van der Waals surface area (Å²) >= 11 is 1.83. The first-order valence-corrected chi connectivity index (χ1v) is 12.7. The van der Waals surface area contributed by atoms with Crippen molar-refractivity contribution in [3.05, 3.63) is 88.9 Å². The predicted octanol–water partition coefficient (Wildman–Crippen LogP) is 2.27. The molecule has 4 N–H and O–H groups in total. The quantitative estimate of drug-likeness (QED) is 0.185. The van der Waals surface area contributed by atoms with Crippen molar-refractivity contribution in [2.75, 3.05) is 0 Å². The normalized spacial score (nSPS) is 11.2. The second kappa shape index (κ2) is 12.0. The lowest BCUT2D eigenvalue weighted by Gasteiger charge is -2.05. The standard InChI is InChI=1S/C15H18N2O4.C9H7IN2O4/c1-3-5-6-7-8-10-9(4-2)11-12(18)16-15(20)17-13(11)21-14(10)19;1-2-3-4-6(13)11-9(15)12-7(4)16-8(14)5(3)10/h7-8H,3-6H2,1-2H3,(H2,16,17,18,20);2H2,1H3,(H2,11,12,13,15)/b8-7+;. The molecule has 0 aliphatic carbocycles. The molecule has 0 saturated heterocycles. The van der Waals surface area contributed by atoms with Gasteiger partial charge in [-0.25, -0.2) is 19.2 Å². The van der Waals surface area contributed by atoms with Crippen molar-refractivity contribution in [3.8, 4) is 0 Å². The highest BCUT2D eigenvalue weighted by atomic mass is 127. The van der Waals surface area contributed by atoms with E-state index in [1.54, 1.807) is 6.08 Å². The van der Waals surface area contributed by atoms with Crippen LogP contribution in [0.1, 0.15) is 56.7 Å². The Morgan fingerprint density at radius 2 is 1.24 bits per heavy atom. The summed E-state index contributed by atoms with van der Waals surface area (Å²) in [5, 5.41) is 0.456. The predicted molar refractivity (Wildman–Crippen MR) is 147 cm³/mol. The molecule has 4 aromatic rings. The fourth-order valence-corrected chi connectivity index (χ4v) is 4.56. The molecule has 0 aromatic carbocycles. The van der Waals surface area contributed by atoms with Crippen LogP contribution in [0.15, 0.2) is 43.7 Å². The third kappa shape index (κ3) is 5.98. The van der Waals surface area contributed by atoms with Gasteiger partial charge in [0.1, 0.15) is 14.3 Å². The van der Waals surface area contributed by atoms with Crippen LogP contribution < -0.4 is 33.7 Å². The number of aryl methyl sites for hydroxylation is 2. The van der Waals surface area contributed by atoms with E-state index in [1.165, 1.54) is 0 Å². The highest BCUT2D eigenvalue weighted by molar-refractivity contribution is 14.1. The van der Waals surface area contributed by atoms with Crippen LogP contribution in [0.2, 0.25) is 0 Å². The zero-order chi connectivity index (χ0) is 27.3. The summed E-state index contributed by atoms with van der Waals surface area (Å²) < 4.78 is 10.3. The third-order valence-electron chi connectivity index (χ3n) is 5.51. The van der Waals surface area contributed by atoms with Gasteiger partial charge in [-0.15, -0.1) is 0 Å². The monoisotopic (exact) mass is 624 g/mol. The Kier molecular flexibility index (Phi) is 9.02. The second-order valence-corrected chi connectivity index (χ2v) is 9.02. The number of halogens is 1. The van der Waals surface area contributed by atoms with Crippen LogP contribution in [0.25, 0.3) is 28.3 Å². The number of hydrogen-bond donors (Lipinski definition) is 4. The Hall–Kier alpha value is -3.75. The maximum atomic E-state index is 12.0. The molecule has 0 spiro atoms. The summed E-state index contributed by atoms with van der Waals surface area (Å²) in [6, 6.07) is 0. The summed E-state index contributed by atoms with van der Waals surface area (Å²) in [5.74, 6) is 0. The molecule has 13 heteroatoms. The topological polar surface area (TPSA) is 192 Å². The number of hydrogen-bond acceptors (Lipinski definition) is 8. The van der Waals surface area contributed by atoms with Gasteiger partial charge in [0, 0.05) is 0 Å². The van der Waals surface area contributed by atoms with Crippen LogP contribution >= 0.6 is 22.6 Å². The van der Waals surface area contributed by atoms with Crippen LogP contribution in [0.5, 0.6) is 0 Å². The van der Waals surface area contributed by atoms with Crippen LogP contribution in [0.3, 0.4) is 0 Å². The fourth-order valence-electron chi connectivity index (χ4n) is 3.80. The Labute approximate surface area is 221 Å². The molecule has 0 fully saturated rings. The minimum atomic E-state index is -0.691. The number of H-pyrrole nitrogens is 4. The molecule has 0 aliphatic heterocycles. The second-order valence-electron chi connectivity index (χ2n) is 7.94. The molecule has 0 radical (unpaired) electrons. The first-order chi connectivity index (χ1) is 17.6. The lowest BCUT2D eigenvalue weighted by Crippen LogP contribution is -2.25. The van der Waals surface area contributed by atoms with E-state index in [9.17, 15) is 28.8 Å². The molecule has 0 aliphatic rings. The van der Waals surface area contributed by atoms with Crippen molar-refractivity contribution in [2.24, 2.45) is 0 Å². The third-order valence-corrected chi connectivity index (χ3v) is 6.61. The van der Waals surface area contributed by atoms with Crippen molar-refractivity contribution in [3.63, 3.8) is 0 Å². The molecule has 196 valence electrons. The summed E-state index contributed by atoms with van der Waals surface area (Å²) in [6.45, 7) is 5.76. The average Bonchev–Trinajstić information content (AvgIpc) is 2.83. The first-order valence-electron chi connectivity index (χ1n) is 11.6. The van der Waals surface area contributed by atoms with E-state index in [-0.39, 0.29) is 22.2 Å². The van der Waals surface area contributed by atoms with Gasteiger partial charge < -0.3 is 8.83 Å². The molecule has 0 atom stereocenters. The molecule has 37 heavy (non-hydrogen) atoms. The number of rotatable bonds is 6. The largest absolute Gasteiger partial charge is 0.405 e. The zero-order valence-electron chi connectivity index (χ0n) is 20.3. The number of aromatic nitrogens is 4. The number of aromatic amines is 4. The lowest BCUT2D eigenvalue weighted by molar-refractivity contribution is 0.539. The van der Waals surface area contributed by atoms with Gasteiger partial charge in [-0.1, -0.05) is 45.8 Å². The summed E-state index contributed by atoms with van der Waals surface area (Å²) in [6.07, 6.45) is 7.56. The van der Waals surface area contributed by atoms with Gasteiger partial charge in [0.05, 0.1) is 5.56 Å². The smallest absolute Gasteiger partial charge is 0.351 e. The van der Waals surface area contributed by atoms with E-state index in [1.807, 2.05) is 42.5 Å². The highest BCUT2D eigenvalue weighted by Crippen LogP contribution is 2.17. The molecule has 4 heterocycles. The molecule has 0 saturated carbocycles. The minimum Gasteiger partial charge on any atom is -0.405 e. The Balaban J connectivity index is 0.000000213. The fraction of sp³-hybridized carbons (Fsp3) is 0.333. The van der Waals surface area contributed by atoms with E-state index in [0.717, 1.165) is 19.3 Å². The van der Waals surface area contributed by atoms with Gasteiger partial charge in [-0.05, 0) is 53.0 Å². The van der Waals surface area contributed by atoms with Crippen molar-refractivity contribution in [2.45, 2.75) is 52.9 Å². The molecule has 0 unspecified atom stereocenters. The maximum absolute atomic E-state index is 12.0. The van der Waals surface area contributed by atoms with Gasteiger partial charge in [-0.3, -0.25) is 29.5 Å². The number of nitrogens with one attached hydrogen (secondary N) is 4. The summed E-state index contributed by atoms with van der Waals surface area (Å²) in [7, 11) is 0. The van der Waals surface area contributed by atoms with E-state index >= 15 is 0 Å². The van der Waals surface area contributed by atoms with Gasteiger partial charge in [-0.2, -0.15) is 0 Å². The van der Waals surface area contributed by atoms with Gasteiger partial charge in [0.2, 0.25) is 11.4 Å². The van der Waals surface area contributed by atoms with Crippen LogP contribution in [-0.4, -0.2) is 19.9 Å². The minimum absolute atomic E-state index is 0.0729. The van der Waals surface area contributed by atoms with Gasteiger partial charge >= 0.3 is 22.6 Å². The van der Waals surface area contributed by atoms with E-state index in [4.69, 9.17) is 8.83 Å². The molecule has 4 aromatic heterocycles. The SMILES string of the molecule is CCCC/C=C/c1c(CC)c2c(=O)[nH]c(=O)[nH]c2oc1=O.CCc1c(I)c(=O)oc2[nH]c(=O)[nH]c(=O)c12. The van der Waals surface area contributed by atoms with Gasteiger partial charge in [0.15, 0.2) is 0 Å². The van der Waals surface area contributed by atoms with E-state index in [2.05, 4.69) is 26.9 Å². The number of fused-ring (bicyclic) bond motifs is 2. The van der Waals surface area contributed by atoms with Crippen molar-refractivity contribution >= 4 is 50.9 Å². The number of allylic oxidation sites excluding steroid dienone is 1. The first kappa shape index (κ1) is 27.8. The van der Waals surface area contributed by atoms with Crippen molar-refractivity contribution < 1.29 is 8.83 Å². The molecule has 4 rings (SSSR count). The molecular formula is C24H25IN4O8. The van der Waals surface area contributed by atoms with Crippen LogP contribution in [0.4, 0.5) is 0 Å². The van der Waals surface area contributed by atoms with E-state index in [0.29, 0.717) is 33.1 Å². The average molecular weight is 624 g/mol. The summed E-state index contributed by atoms with van der Waals surface area (Å²) in [4.78, 5) is 78.2. The Morgan fingerprint density at radius 1 is 0.730 bits per heavy atom. The molecule has 0 amide bonds. The number of unbranched alkanes of at least 4 members (excludes halogenated alkanes) is 2. The van der Waals surface area contributed by atoms with Crippen molar-refractivity contribution in [1.82, 2.24) is 19.9 Å². The molecule has 0 bridgehead atoms. The Bertz CT molecular complexity index is 1840. The highest BCUT2D eigenvalue weighted by Gasteiger charge is 2.16. The van der Waals surface area contributed by atoms with Crippen LogP contribution in [0, 0.1) is 3.57 Å². The Morgan fingerprint density at radius 3 is 1.76 bits per heavy atom. The van der Waals surface area contributed by atoms with E-state index < -0.39 is 33.7 Å². The lowest BCUT2D eigenvalue weighted by atomic mass is 10.0.